The number of rotatable bonds is 11. The van der Waals surface area contributed by atoms with Gasteiger partial charge in [-0.1, -0.05) is 58.8 Å². The van der Waals surface area contributed by atoms with Crippen molar-refractivity contribution in [2.24, 2.45) is 0 Å². The van der Waals surface area contributed by atoms with Crippen LogP contribution < -0.4 is 10.6 Å². The first kappa shape index (κ1) is 16.3. The minimum absolute atomic E-state index is 0.0551. The molecule has 1 aliphatic rings. The van der Waals surface area contributed by atoms with Crippen LogP contribution in [0.3, 0.4) is 0 Å². The minimum atomic E-state index is 0.0551. The summed E-state index contributed by atoms with van der Waals surface area (Å²) in [6.45, 7) is 4.46. The molecule has 0 aromatic heterocycles. The molecular weight excluding hydrogens is 236 g/mol. The molecule has 112 valence electrons. The van der Waals surface area contributed by atoms with E-state index in [1.807, 2.05) is 0 Å². The van der Waals surface area contributed by atoms with Gasteiger partial charge >= 0.3 is 6.03 Å². The maximum absolute atomic E-state index is 11.8. The first-order valence-corrected chi connectivity index (χ1v) is 8.33. The van der Waals surface area contributed by atoms with E-state index in [2.05, 4.69) is 24.5 Å². The zero-order valence-electron chi connectivity index (χ0n) is 12.8. The highest BCUT2D eigenvalue weighted by molar-refractivity contribution is 5.74. The van der Waals surface area contributed by atoms with E-state index < -0.39 is 0 Å². The molecule has 0 aromatic carbocycles. The molecule has 1 unspecified atom stereocenters. The van der Waals surface area contributed by atoms with E-state index in [1.54, 1.807) is 0 Å². The van der Waals surface area contributed by atoms with Gasteiger partial charge in [-0.15, -0.1) is 0 Å². The molecular formula is C16H32N2O. The van der Waals surface area contributed by atoms with Gasteiger partial charge in [0.2, 0.25) is 0 Å². The topological polar surface area (TPSA) is 41.1 Å². The average Bonchev–Trinajstić information content (AvgIpc) is 3.18. The minimum Gasteiger partial charge on any atom is -0.335 e. The van der Waals surface area contributed by atoms with Gasteiger partial charge in [0.05, 0.1) is 0 Å². The van der Waals surface area contributed by atoms with Crippen LogP contribution in [0.5, 0.6) is 0 Å². The molecule has 0 spiro atoms. The molecule has 1 atom stereocenters. The van der Waals surface area contributed by atoms with Crippen LogP contribution in [-0.2, 0) is 0 Å². The molecule has 0 heterocycles. The fraction of sp³-hybridized carbons (Fsp3) is 0.938. The monoisotopic (exact) mass is 268 g/mol. The molecule has 0 aromatic rings. The maximum Gasteiger partial charge on any atom is 0.315 e. The Hall–Kier alpha value is -0.730. The fourth-order valence-electron chi connectivity index (χ4n) is 2.39. The van der Waals surface area contributed by atoms with Gasteiger partial charge in [0.25, 0.3) is 0 Å². The van der Waals surface area contributed by atoms with Crippen LogP contribution in [0, 0.1) is 0 Å². The summed E-state index contributed by atoms with van der Waals surface area (Å²) < 4.78 is 0. The molecule has 0 bridgehead atoms. The first-order valence-electron chi connectivity index (χ1n) is 8.33. The number of nitrogens with one attached hydrogen (secondary N) is 2. The number of unbranched alkanes of at least 4 members (excludes halogenated alkanes) is 5. The molecule has 2 N–H and O–H groups in total. The SMILES string of the molecule is CCCCCCC(CCCCC)NC(=O)NC1CC1. The molecule has 1 saturated carbocycles. The van der Waals surface area contributed by atoms with Gasteiger partial charge in [-0.25, -0.2) is 4.79 Å². The van der Waals surface area contributed by atoms with Crippen LogP contribution in [0.1, 0.15) is 84.5 Å². The molecule has 3 heteroatoms. The zero-order valence-corrected chi connectivity index (χ0v) is 12.8. The number of hydrogen-bond donors (Lipinski definition) is 2. The third-order valence-corrected chi connectivity index (χ3v) is 3.81. The quantitative estimate of drug-likeness (QED) is 0.537. The lowest BCUT2D eigenvalue weighted by Gasteiger charge is -2.19. The number of urea groups is 1. The summed E-state index contributed by atoms with van der Waals surface area (Å²) in [5.41, 5.74) is 0. The van der Waals surface area contributed by atoms with Crippen molar-refractivity contribution in [3.63, 3.8) is 0 Å². The van der Waals surface area contributed by atoms with Crippen molar-refractivity contribution in [2.45, 2.75) is 96.6 Å². The summed E-state index contributed by atoms with van der Waals surface area (Å²) in [7, 11) is 0. The van der Waals surface area contributed by atoms with Crippen molar-refractivity contribution in [3.8, 4) is 0 Å². The van der Waals surface area contributed by atoms with Crippen LogP contribution in [0.25, 0.3) is 0 Å². The Morgan fingerprint density at radius 1 is 1.00 bits per heavy atom. The average molecular weight is 268 g/mol. The number of hydrogen-bond acceptors (Lipinski definition) is 1. The maximum atomic E-state index is 11.8. The lowest BCUT2D eigenvalue weighted by molar-refractivity contribution is 0.234. The predicted molar refractivity (Wildman–Crippen MR) is 81.4 cm³/mol. The predicted octanol–water partition coefficient (Wildman–Crippen LogP) is 4.37. The van der Waals surface area contributed by atoms with Crippen LogP contribution in [0.4, 0.5) is 4.79 Å². The van der Waals surface area contributed by atoms with Crippen molar-refractivity contribution < 1.29 is 4.79 Å². The second-order valence-corrected chi connectivity index (χ2v) is 5.93. The van der Waals surface area contributed by atoms with Crippen molar-refractivity contribution in [2.75, 3.05) is 0 Å². The highest BCUT2D eigenvalue weighted by Gasteiger charge is 2.24. The van der Waals surface area contributed by atoms with Gasteiger partial charge in [-0.2, -0.15) is 0 Å². The molecule has 0 aliphatic heterocycles. The third kappa shape index (κ3) is 8.90. The molecule has 0 radical (unpaired) electrons. The number of carbonyl (C=O) groups is 1. The van der Waals surface area contributed by atoms with E-state index in [4.69, 9.17) is 0 Å². The van der Waals surface area contributed by atoms with E-state index in [1.165, 1.54) is 44.9 Å². The van der Waals surface area contributed by atoms with Gasteiger partial charge in [0.15, 0.2) is 0 Å². The second kappa shape index (κ2) is 10.1. The van der Waals surface area contributed by atoms with E-state index in [0.29, 0.717) is 12.1 Å². The molecule has 1 rings (SSSR count). The lowest BCUT2D eigenvalue weighted by Crippen LogP contribution is -2.43. The molecule has 1 fully saturated rings. The highest BCUT2D eigenvalue weighted by Crippen LogP contribution is 2.18. The Balaban J connectivity index is 2.18. The molecule has 19 heavy (non-hydrogen) atoms. The summed E-state index contributed by atoms with van der Waals surface area (Å²) >= 11 is 0. The van der Waals surface area contributed by atoms with E-state index in [-0.39, 0.29) is 6.03 Å². The summed E-state index contributed by atoms with van der Waals surface area (Å²) in [5, 5.41) is 6.20. The Morgan fingerprint density at radius 2 is 1.58 bits per heavy atom. The van der Waals surface area contributed by atoms with Crippen molar-refractivity contribution in [3.05, 3.63) is 0 Å². The molecule has 2 amide bonds. The number of amides is 2. The van der Waals surface area contributed by atoms with Crippen molar-refractivity contribution in [1.82, 2.24) is 10.6 Å². The number of carbonyl (C=O) groups excluding carboxylic acids is 1. The van der Waals surface area contributed by atoms with Crippen LogP contribution >= 0.6 is 0 Å². The van der Waals surface area contributed by atoms with Gasteiger partial charge in [-0.05, 0) is 25.7 Å². The fourth-order valence-corrected chi connectivity index (χ4v) is 2.39. The van der Waals surface area contributed by atoms with Crippen molar-refractivity contribution in [1.29, 1.82) is 0 Å². The smallest absolute Gasteiger partial charge is 0.315 e. The molecule has 1 aliphatic carbocycles. The summed E-state index contributed by atoms with van der Waals surface area (Å²) in [6.07, 6.45) is 13.5. The molecule has 0 saturated heterocycles. The van der Waals surface area contributed by atoms with Gasteiger partial charge in [0, 0.05) is 12.1 Å². The van der Waals surface area contributed by atoms with Crippen LogP contribution in [-0.4, -0.2) is 18.1 Å². The first-order chi connectivity index (χ1) is 9.26. The van der Waals surface area contributed by atoms with E-state index in [0.717, 1.165) is 25.7 Å². The van der Waals surface area contributed by atoms with Gasteiger partial charge < -0.3 is 10.6 Å². The lowest BCUT2D eigenvalue weighted by atomic mass is 10.0. The molecule has 3 nitrogen and oxygen atoms in total. The standard InChI is InChI=1S/C16H32N2O/c1-3-5-7-9-11-14(10-8-6-4-2)17-16(19)18-15-12-13-15/h14-15H,3-13H2,1-2H3,(H2,17,18,19). The Morgan fingerprint density at radius 3 is 2.16 bits per heavy atom. The van der Waals surface area contributed by atoms with Gasteiger partial charge in [0.1, 0.15) is 0 Å². The van der Waals surface area contributed by atoms with E-state index in [9.17, 15) is 4.79 Å². The van der Waals surface area contributed by atoms with Gasteiger partial charge in [-0.3, -0.25) is 0 Å². The Bertz CT molecular complexity index is 239. The van der Waals surface area contributed by atoms with Crippen LogP contribution in [0.15, 0.2) is 0 Å². The highest BCUT2D eigenvalue weighted by atomic mass is 16.2. The Kier molecular flexibility index (Phi) is 8.68. The van der Waals surface area contributed by atoms with Crippen molar-refractivity contribution >= 4 is 6.03 Å². The summed E-state index contributed by atoms with van der Waals surface area (Å²) in [6, 6.07) is 0.887. The third-order valence-electron chi connectivity index (χ3n) is 3.81. The second-order valence-electron chi connectivity index (χ2n) is 5.93. The Labute approximate surface area is 118 Å². The normalized spacial score (nSPS) is 16.1. The zero-order chi connectivity index (χ0) is 13.9. The van der Waals surface area contributed by atoms with Crippen LogP contribution in [0.2, 0.25) is 0 Å². The largest absolute Gasteiger partial charge is 0.335 e. The summed E-state index contributed by atoms with van der Waals surface area (Å²) in [4.78, 5) is 11.8. The van der Waals surface area contributed by atoms with E-state index >= 15 is 0 Å². The summed E-state index contributed by atoms with van der Waals surface area (Å²) in [5.74, 6) is 0.